The maximum atomic E-state index is 5.19. The number of nitrogens with zero attached hydrogens (tertiary/aromatic N) is 1. The van der Waals surface area contributed by atoms with Gasteiger partial charge in [-0.2, -0.15) is 0 Å². The fraction of sp³-hybridized carbons (Fsp3) is 0.417. The van der Waals surface area contributed by atoms with Gasteiger partial charge in [0.15, 0.2) is 0 Å². The molecule has 1 N–H and O–H groups in total. The Morgan fingerprint density at radius 1 is 1.43 bits per heavy atom. The Bertz CT molecular complexity index is 367. The molecule has 0 fully saturated rings. The van der Waals surface area contributed by atoms with Crippen molar-refractivity contribution in [3.05, 3.63) is 23.4 Å². The van der Waals surface area contributed by atoms with Gasteiger partial charge in [-0.05, 0) is 29.5 Å². The highest BCUT2D eigenvalue weighted by atomic mass is 15.0. The Morgan fingerprint density at radius 3 is 2.57 bits per heavy atom. The molecule has 0 unspecified atom stereocenters. The highest BCUT2D eigenvalue weighted by molar-refractivity contribution is 5.52. The normalized spacial score (nSPS) is 10.8. The second-order valence-electron chi connectivity index (χ2n) is 4.35. The van der Waals surface area contributed by atoms with Crippen LogP contribution in [0.25, 0.3) is 0 Å². The predicted molar refractivity (Wildman–Crippen MR) is 60.1 cm³/mol. The first-order chi connectivity index (χ1) is 6.46. The van der Waals surface area contributed by atoms with E-state index in [1.807, 2.05) is 13.0 Å². The topological polar surface area (TPSA) is 24.9 Å². The van der Waals surface area contributed by atoms with E-state index in [4.69, 9.17) is 6.42 Å². The van der Waals surface area contributed by atoms with Gasteiger partial charge in [0, 0.05) is 12.2 Å². The maximum Gasteiger partial charge on any atom is 0.140 e. The van der Waals surface area contributed by atoms with Crippen molar-refractivity contribution in [3.63, 3.8) is 0 Å². The molecular weight excluding hydrogens is 172 g/mol. The van der Waals surface area contributed by atoms with Gasteiger partial charge < -0.3 is 0 Å². The molecule has 0 aliphatic rings. The second-order valence-corrected chi connectivity index (χ2v) is 4.35. The van der Waals surface area contributed by atoms with E-state index >= 15 is 0 Å². The summed E-state index contributed by atoms with van der Waals surface area (Å²) in [4.78, 5) is 4.19. The van der Waals surface area contributed by atoms with Crippen LogP contribution in [0.4, 0.5) is 5.82 Å². The van der Waals surface area contributed by atoms with Gasteiger partial charge in [-0.25, -0.2) is 4.98 Å². The predicted octanol–water partition coefficient (Wildman–Crippen LogP) is 2.69. The van der Waals surface area contributed by atoms with Gasteiger partial charge in [0.1, 0.15) is 5.82 Å². The zero-order chi connectivity index (χ0) is 10.8. The number of pyridine rings is 1. The Morgan fingerprint density at radius 2 is 2.07 bits per heavy atom. The molecule has 1 aromatic rings. The molecule has 0 aliphatic carbocycles. The van der Waals surface area contributed by atoms with Crippen LogP contribution in [0.3, 0.4) is 0 Å². The molecule has 1 aromatic heterocycles. The molecule has 14 heavy (non-hydrogen) atoms. The Hall–Kier alpha value is -1.49. The average molecular weight is 188 g/mol. The molecule has 0 aliphatic heterocycles. The number of rotatable bonds is 1. The van der Waals surface area contributed by atoms with Crippen LogP contribution in [-0.2, 0) is 5.41 Å². The molecule has 0 radical (unpaired) electrons. The van der Waals surface area contributed by atoms with Gasteiger partial charge in [-0.3, -0.25) is 5.32 Å². The first-order valence-electron chi connectivity index (χ1n) is 4.64. The van der Waals surface area contributed by atoms with Crippen LogP contribution in [0.15, 0.2) is 12.3 Å². The summed E-state index contributed by atoms with van der Waals surface area (Å²) in [6.45, 7) is 8.56. The molecule has 0 bridgehead atoms. The van der Waals surface area contributed by atoms with Crippen LogP contribution in [0.5, 0.6) is 0 Å². The number of anilines is 1. The van der Waals surface area contributed by atoms with Crippen LogP contribution in [0.1, 0.15) is 31.9 Å². The number of aromatic nitrogens is 1. The molecule has 1 heterocycles. The van der Waals surface area contributed by atoms with E-state index in [9.17, 15) is 0 Å². The monoisotopic (exact) mass is 188 g/mol. The minimum absolute atomic E-state index is 0.123. The second kappa shape index (κ2) is 3.71. The van der Waals surface area contributed by atoms with Crippen molar-refractivity contribution in [2.45, 2.75) is 33.1 Å². The van der Waals surface area contributed by atoms with E-state index in [0.29, 0.717) is 0 Å². The summed E-state index contributed by atoms with van der Waals surface area (Å²) in [5.41, 5.74) is 2.51. The van der Waals surface area contributed by atoms with Crippen LogP contribution >= 0.6 is 0 Å². The number of hydrogen-bond acceptors (Lipinski definition) is 2. The van der Waals surface area contributed by atoms with Crippen LogP contribution in [0, 0.1) is 19.4 Å². The molecule has 0 amide bonds. The van der Waals surface area contributed by atoms with Crippen molar-refractivity contribution in [1.29, 1.82) is 0 Å². The third-order valence-electron chi connectivity index (χ3n) is 2.20. The lowest BCUT2D eigenvalue weighted by Crippen LogP contribution is -2.14. The summed E-state index contributed by atoms with van der Waals surface area (Å²) in [6, 6.07) is 4.43. The third-order valence-corrected chi connectivity index (χ3v) is 2.20. The Balaban J connectivity index is 3.22. The first kappa shape index (κ1) is 10.6. The molecular formula is C12H16N2. The van der Waals surface area contributed by atoms with Gasteiger partial charge in [0.25, 0.3) is 0 Å². The molecule has 2 nitrogen and oxygen atoms in total. The fourth-order valence-electron chi connectivity index (χ4n) is 1.54. The van der Waals surface area contributed by atoms with Gasteiger partial charge >= 0.3 is 0 Å². The molecule has 1 rings (SSSR count). The summed E-state index contributed by atoms with van der Waals surface area (Å²) in [6.07, 6.45) is 6.97. The Labute approximate surface area is 85.8 Å². The van der Waals surface area contributed by atoms with E-state index in [0.717, 1.165) is 11.4 Å². The van der Waals surface area contributed by atoms with E-state index in [1.54, 1.807) is 6.20 Å². The maximum absolute atomic E-state index is 5.19. The quantitative estimate of drug-likeness (QED) is 0.541. The number of nitrogens with one attached hydrogen (secondary N) is 1. The van der Waals surface area contributed by atoms with E-state index in [-0.39, 0.29) is 5.41 Å². The zero-order valence-electron chi connectivity index (χ0n) is 9.18. The van der Waals surface area contributed by atoms with Crippen molar-refractivity contribution in [3.8, 4) is 12.5 Å². The third kappa shape index (κ3) is 2.05. The van der Waals surface area contributed by atoms with Crippen molar-refractivity contribution in [2.24, 2.45) is 0 Å². The zero-order valence-corrected chi connectivity index (χ0v) is 9.18. The minimum Gasteiger partial charge on any atom is -0.299 e. The van der Waals surface area contributed by atoms with E-state index in [1.165, 1.54) is 5.56 Å². The van der Waals surface area contributed by atoms with Gasteiger partial charge in [-0.15, -0.1) is 0 Å². The molecule has 2 heteroatoms. The van der Waals surface area contributed by atoms with Crippen LogP contribution in [0.2, 0.25) is 0 Å². The lowest BCUT2D eigenvalue weighted by Gasteiger charge is -2.22. The Kier molecular flexibility index (Phi) is 2.81. The lowest BCUT2D eigenvalue weighted by molar-refractivity contribution is 0.585. The SMILES string of the molecule is C#CNc1nccc(C(C)(C)C)c1C. The molecule has 0 saturated heterocycles. The van der Waals surface area contributed by atoms with Crippen LogP contribution in [-0.4, -0.2) is 4.98 Å². The molecule has 0 spiro atoms. The van der Waals surface area contributed by atoms with E-state index in [2.05, 4.69) is 37.1 Å². The molecule has 0 atom stereocenters. The largest absolute Gasteiger partial charge is 0.299 e. The van der Waals surface area contributed by atoms with Crippen LogP contribution < -0.4 is 5.32 Å². The van der Waals surface area contributed by atoms with E-state index < -0.39 is 0 Å². The minimum atomic E-state index is 0.123. The standard InChI is InChI=1S/C12H16N2/c1-6-13-11-9(2)10(7-8-14-11)12(3,4)5/h1,7-8H,2-5H3,(H,13,14). The first-order valence-corrected chi connectivity index (χ1v) is 4.64. The molecule has 0 saturated carbocycles. The summed E-state index contributed by atoms with van der Waals surface area (Å²) >= 11 is 0. The van der Waals surface area contributed by atoms with Crippen molar-refractivity contribution >= 4 is 5.82 Å². The number of terminal acetylenes is 1. The smallest absolute Gasteiger partial charge is 0.140 e. The average Bonchev–Trinajstić information content (AvgIpc) is 2.07. The fourth-order valence-corrected chi connectivity index (χ4v) is 1.54. The van der Waals surface area contributed by atoms with Crippen molar-refractivity contribution in [1.82, 2.24) is 4.98 Å². The molecule has 74 valence electrons. The molecule has 0 aromatic carbocycles. The summed E-state index contributed by atoms with van der Waals surface area (Å²) < 4.78 is 0. The van der Waals surface area contributed by atoms with Crippen molar-refractivity contribution in [2.75, 3.05) is 5.32 Å². The number of hydrogen-bond donors (Lipinski definition) is 1. The van der Waals surface area contributed by atoms with Crippen molar-refractivity contribution < 1.29 is 0 Å². The lowest BCUT2D eigenvalue weighted by atomic mass is 9.85. The van der Waals surface area contributed by atoms with Gasteiger partial charge in [0.05, 0.1) is 0 Å². The highest BCUT2D eigenvalue weighted by Crippen LogP contribution is 2.27. The summed E-state index contributed by atoms with van der Waals surface area (Å²) in [5.74, 6) is 0.778. The summed E-state index contributed by atoms with van der Waals surface area (Å²) in [5, 5.41) is 2.80. The highest BCUT2D eigenvalue weighted by Gasteiger charge is 2.17. The summed E-state index contributed by atoms with van der Waals surface area (Å²) in [7, 11) is 0. The van der Waals surface area contributed by atoms with Gasteiger partial charge in [0.2, 0.25) is 0 Å². The van der Waals surface area contributed by atoms with Gasteiger partial charge in [-0.1, -0.05) is 27.2 Å².